The molecular weight excluding hydrogens is 483 g/mol. The first kappa shape index (κ1) is 37.6. The molecule has 1 fully saturated rings. The molecule has 0 bridgehead atoms. The third-order valence-electron chi connectivity index (χ3n) is 3.07. The molecule has 0 amide bonds. The summed E-state index contributed by atoms with van der Waals surface area (Å²) in [6.07, 6.45) is 7.67. The summed E-state index contributed by atoms with van der Waals surface area (Å²) < 4.78 is 82.7. The molecule has 13 heteroatoms. The fourth-order valence-electron chi connectivity index (χ4n) is 2.08. The predicted octanol–water partition coefficient (Wildman–Crippen LogP) is 3.98. The molecule has 7 nitrogen and oxygen atoms in total. The first-order valence-corrected chi connectivity index (χ1v) is 7.85. The maximum atomic E-state index is 9.75. The molecule has 0 N–H and O–H groups in total. The first-order chi connectivity index (χ1) is 14.8. The number of rotatable bonds is 6. The van der Waals surface area contributed by atoms with Crippen molar-refractivity contribution in [1.29, 1.82) is 0 Å². The minimum atomic E-state index is -6.00. The number of para-hydroxylation sites is 1. The summed E-state index contributed by atoms with van der Waals surface area (Å²) in [5, 5.41) is 0. The van der Waals surface area contributed by atoms with E-state index in [9.17, 15) is 17.3 Å². The van der Waals surface area contributed by atoms with Gasteiger partial charge in [0.05, 0.1) is 7.11 Å². The fourth-order valence-corrected chi connectivity index (χ4v) is 2.08. The summed E-state index contributed by atoms with van der Waals surface area (Å²) in [6.45, 7) is 13.7. The van der Waals surface area contributed by atoms with Gasteiger partial charge in [0.1, 0.15) is 6.10 Å². The van der Waals surface area contributed by atoms with Gasteiger partial charge in [-0.3, -0.25) is 0 Å². The molecule has 1 aromatic rings. The zero-order valence-corrected chi connectivity index (χ0v) is 18.3. The van der Waals surface area contributed by atoms with Crippen LogP contribution >= 0.6 is 0 Å². The molecule has 1 aromatic carbocycles. The molecule has 0 atom stereocenters. The first-order valence-electron chi connectivity index (χ1n) is 7.85. The Labute approximate surface area is 195 Å². The second kappa shape index (κ2) is 23.9. The Kier molecular flexibility index (Phi) is 28.1. The van der Waals surface area contributed by atoms with Gasteiger partial charge in [0.2, 0.25) is 0 Å². The van der Waals surface area contributed by atoms with Crippen LogP contribution in [0.3, 0.4) is 0 Å². The van der Waals surface area contributed by atoms with Crippen LogP contribution in [0, 0.1) is 51.2 Å². The molecular formula is C19H19BF4FeO7+. The third-order valence-corrected chi connectivity index (χ3v) is 3.07. The molecule has 0 saturated heterocycles. The standard InChI is InChI=1S/C16H19O4.3CO.BF4.Fe/c1-17-11-20-16-14(5-4-6-15(16)19-3)12-7-9-13(18-2)10-8-12;3*1-2;2-1(3,4)5;/h4-7,9-10H,8,11H2,1-3H3;;;;;/q;;;;-1;+2. The fraction of sp³-hybridized carbons (Fsp3) is 0.263. The summed E-state index contributed by atoms with van der Waals surface area (Å²) in [5.74, 6) is 2.54. The van der Waals surface area contributed by atoms with Crippen LogP contribution in [0.5, 0.6) is 11.5 Å². The molecule has 0 aliphatic heterocycles. The summed E-state index contributed by atoms with van der Waals surface area (Å²) in [7, 11) is -1.11. The van der Waals surface area contributed by atoms with Gasteiger partial charge in [0.15, 0.2) is 18.3 Å². The molecule has 1 aliphatic carbocycles. The van der Waals surface area contributed by atoms with Crippen molar-refractivity contribution in [3.8, 4) is 11.5 Å². The number of methoxy groups -OCH3 is 3. The Balaban J connectivity index is -0.000000280. The Morgan fingerprint density at radius 1 is 0.906 bits per heavy atom. The van der Waals surface area contributed by atoms with Crippen molar-refractivity contribution in [2.75, 3.05) is 28.1 Å². The maximum absolute atomic E-state index is 9.75. The van der Waals surface area contributed by atoms with E-state index in [-0.39, 0.29) is 23.9 Å². The number of ether oxygens (including phenoxy) is 4. The Bertz CT molecular complexity index is 614. The molecule has 5 radical (unpaired) electrons. The van der Waals surface area contributed by atoms with Crippen LogP contribution in [0.15, 0.2) is 18.2 Å². The zero-order chi connectivity index (χ0) is 24.9. The summed E-state index contributed by atoms with van der Waals surface area (Å²) in [5.41, 5.74) is 1.00. The summed E-state index contributed by atoms with van der Waals surface area (Å²) >= 11 is 0. The SMILES string of the molecule is COCOc1c(OC)cccc1[C]1[CH][CH][C](OC)[CH]C1.F[B-](F)(F)F.[C-]#[O+].[C-]#[O+].[C-]#[O+].[Fe+2]. The quantitative estimate of drug-likeness (QED) is 0.193. The van der Waals surface area contributed by atoms with Crippen molar-refractivity contribution in [2.24, 2.45) is 0 Å². The average molecular weight is 502 g/mol. The number of hydrogen-bond donors (Lipinski definition) is 0. The van der Waals surface area contributed by atoms with E-state index in [0.717, 1.165) is 24.0 Å². The normalized spacial score (nSPS) is 12.8. The van der Waals surface area contributed by atoms with Crippen molar-refractivity contribution in [2.45, 2.75) is 6.42 Å². The number of halogens is 4. The van der Waals surface area contributed by atoms with Crippen molar-refractivity contribution < 1.29 is 67.2 Å². The Morgan fingerprint density at radius 3 is 1.81 bits per heavy atom. The molecule has 1 aliphatic rings. The minimum absolute atomic E-state index is 0. The second-order valence-electron chi connectivity index (χ2n) is 4.76. The van der Waals surface area contributed by atoms with Gasteiger partial charge in [-0.15, -0.1) is 0 Å². The monoisotopic (exact) mass is 502 g/mol. The van der Waals surface area contributed by atoms with E-state index in [1.54, 1.807) is 21.3 Å². The Morgan fingerprint density at radius 2 is 1.44 bits per heavy atom. The molecule has 1 saturated carbocycles. The average Bonchev–Trinajstić information content (AvgIpc) is 2.80. The van der Waals surface area contributed by atoms with Gasteiger partial charge in [-0.2, -0.15) is 0 Å². The van der Waals surface area contributed by atoms with E-state index >= 15 is 0 Å². The van der Waals surface area contributed by atoms with Crippen molar-refractivity contribution in [3.63, 3.8) is 0 Å². The van der Waals surface area contributed by atoms with Crippen LogP contribution < -0.4 is 9.47 Å². The number of hydrogen-bond acceptors (Lipinski definition) is 4. The van der Waals surface area contributed by atoms with Crippen molar-refractivity contribution in [3.05, 3.63) is 75.0 Å². The Hall–Kier alpha value is -1.74. The van der Waals surface area contributed by atoms with Crippen LogP contribution in [0.25, 0.3) is 0 Å². The largest absolute Gasteiger partial charge is 2.00 e. The van der Waals surface area contributed by atoms with Crippen molar-refractivity contribution in [1.82, 2.24) is 0 Å². The van der Waals surface area contributed by atoms with Gasteiger partial charge in [-0.25, -0.2) is 0 Å². The van der Waals surface area contributed by atoms with Gasteiger partial charge >= 0.3 is 58.2 Å². The second-order valence-corrected chi connectivity index (χ2v) is 4.76. The zero-order valence-electron chi connectivity index (χ0n) is 17.2. The van der Waals surface area contributed by atoms with Crippen LogP contribution in [0.4, 0.5) is 17.3 Å². The van der Waals surface area contributed by atoms with Gasteiger partial charge in [-0.05, 0) is 25.3 Å². The van der Waals surface area contributed by atoms with E-state index in [1.165, 1.54) is 0 Å². The number of benzene rings is 1. The maximum Gasteiger partial charge on any atom is 2.00 e. The minimum Gasteiger partial charge on any atom is 2.00 e. The molecule has 0 spiro atoms. The third kappa shape index (κ3) is 17.9. The van der Waals surface area contributed by atoms with Gasteiger partial charge in [0, 0.05) is 32.1 Å². The topological polar surface area (TPSA) is 96.6 Å². The molecule has 175 valence electrons. The van der Waals surface area contributed by atoms with E-state index in [0.29, 0.717) is 11.5 Å². The van der Waals surface area contributed by atoms with E-state index in [1.807, 2.05) is 37.5 Å². The smallest absolute Gasteiger partial charge is 2.00 e. The van der Waals surface area contributed by atoms with Crippen LogP contribution in [-0.2, 0) is 40.5 Å². The van der Waals surface area contributed by atoms with E-state index in [2.05, 4.69) is 20.0 Å². The van der Waals surface area contributed by atoms with E-state index in [4.69, 9.17) is 32.9 Å². The summed E-state index contributed by atoms with van der Waals surface area (Å²) in [4.78, 5) is 0. The molecule has 0 aromatic heterocycles. The van der Waals surface area contributed by atoms with E-state index < -0.39 is 7.25 Å². The van der Waals surface area contributed by atoms with Gasteiger partial charge in [-0.1, -0.05) is 12.1 Å². The molecule has 2 rings (SSSR count). The van der Waals surface area contributed by atoms with Crippen molar-refractivity contribution >= 4 is 7.25 Å². The van der Waals surface area contributed by atoms with Crippen LogP contribution in [0.1, 0.15) is 12.0 Å². The molecule has 0 unspecified atom stereocenters. The van der Waals surface area contributed by atoms with Gasteiger partial charge < -0.3 is 36.2 Å². The summed E-state index contributed by atoms with van der Waals surface area (Å²) in [6, 6.07) is 5.83. The van der Waals surface area contributed by atoms with Gasteiger partial charge in [0.25, 0.3) is 0 Å². The van der Waals surface area contributed by atoms with Crippen LogP contribution in [-0.4, -0.2) is 35.4 Å². The van der Waals surface area contributed by atoms with Crippen LogP contribution in [0.2, 0.25) is 0 Å². The molecule has 0 heterocycles. The predicted molar refractivity (Wildman–Crippen MR) is 97.6 cm³/mol. The molecule has 32 heavy (non-hydrogen) atoms.